The Morgan fingerprint density at radius 3 is 2.81 bits per heavy atom. The van der Waals surface area contributed by atoms with E-state index in [4.69, 9.17) is 0 Å². The highest BCUT2D eigenvalue weighted by Crippen LogP contribution is 2.15. The Kier molecular flexibility index (Phi) is 1.83. The summed E-state index contributed by atoms with van der Waals surface area (Å²) in [4.78, 5) is 25.4. The lowest BCUT2D eigenvalue weighted by atomic mass is 10.3. The Morgan fingerprint density at radius 1 is 1.06 bits per heavy atom. The molecule has 3 aromatic rings. The molecule has 2 N–H and O–H groups in total. The summed E-state index contributed by atoms with van der Waals surface area (Å²) < 4.78 is 0. The van der Waals surface area contributed by atoms with Gasteiger partial charge in [-0.15, -0.1) is 0 Å². The summed E-state index contributed by atoms with van der Waals surface area (Å²) in [6, 6.07) is 8.66. The highest BCUT2D eigenvalue weighted by atomic mass is 16.1. The van der Waals surface area contributed by atoms with Crippen molar-refractivity contribution < 1.29 is 0 Å². The van der Waals surface area contributed by atoms with Crippen molar-refractivity contribution in [2.75, 3.05) is 0 Å². The van der Waals surface area contributed by atoms with E-state index >= 15 is 0 Å². The lowest BCUT2D eigenvalue weighted by molar-refractivity contribution is 1.19. The van der Waals surface area contributed by atoms with Crippen molar-refractivity contribution in [3.05, 3.63) is 46.9 Å². The highest BCUT2D eigenvalue weighted by molar-refractivity contribution is 5.74. The van der Waals surface area contributed by atoms with Crippen LogP contribution in [0.3, 0.4) is 0 Å². The zero-order valence-electron chi connectivity index (χ0n) is 8.27. The summed E-state index contributed by atoms with van der Waals surface area (Å²) in [6.45, 7) is 0. The minimum absolute atomic E-state index is 0.147. The molecular formula is C11H8N4O. The van der Waals surface area contributed by atoms with Gasteiger partial charge in [0.1, 0.15) is 0 Å². The molecule has 0 fully saturated rings. The van der Waals surface area contributed by atoms with E-state index in [9.17, 15) is 4.79 Å². The maximum absolute atomic E-state index is 11.2. The van der Waals surface area contributed by atoms with Crippen LogP contribution in [0.2, 0.25) is 0 Å². The molecule has 0 unspecified atom stereocenters. The fraction of sp³-hybridized carbons (Fsp3) is 0. The predicted molar refractivity (Wildman–Crippen MR) is 59.9 cm³/mol. The van der Waals surface area contributed by atoms with Crippen LogP contribution < -0.4 is 5.56 Å². The van der Waals surface area contributed by atoms with E-state index in [0.717, 1.165) is 5.52 Å². The SMILES string of the molecule is O=c1cccc(-c2nc3ncccc3[nH]2)[nH]1. The van der Waals surface area contributed by atoms with E-state index < -0.39 is 0 Å². The lowest BCUT2D eigenvalue weighted by Crippen LogP contribution is -2.03. The number of hydrogen-bond acceptors (Lipinski definition) is 3. The van der Waals surface area contributed by atoms with Gasteiger partial charge in [-0.3, -0.25) is 4.79 Å². The molecule has 16 heavy (non-hydrogen) atoms. The molecule has 0 saturated heterocycles. The zero-order chi connectivity index (χ0) is 11.0. The largest absolute Gasteiger partial charge is 0.335 e. The van der Waals surface area contributed by atoms with Crippen LogP contribution in [-0.2, 0) is 0 Å². The summed E-state index contributed by atoms with van der Waals surface area (Å²) in [7, 11) is 0. The summed E-state index contributed by atoms with van der Waals surface area (Å²) in [5, 5.41) is 0. The van der Waals surface area contributed by atoms with Gasteiger partial charge in [0.25, 0.3) is 0 Å². The predicted octanol–water partition coefficient (Wildman–Crippen LogP) is 1.31. The second-order valence-electron chi connectivity index (χ2n) is 3.39. The summed E-state index contributed by atoms with van der Waals surface area (Å²) in [5.41, 5.74) is 2.00. The van der Waals surface area contributed by atoms with Gasteiger partial charge in [-0.05, 0) is 18.2 Å². The number of nitrogens with one attached hydrogen (secondary N) is 2. The molecule has 0 aromatic carbocycles. The summed E-state index contributed by atoms with van der Waals surface area (Å²) >= 11 is 0. The summed E-state index contributed by atoms with van der Waals surface area (Å²) in [5.74, 6) is 0.617. The number of nitrogens with zero attached hydrogens (tertiary/aromatic N) is 2. The highest BCUT2D eigenvalue weighted by Gasteiger charge is 2.05. The monoisotopic (exact) mass is 212 g/mol. The van der Waals surface area contributed by atoms with Gasteiger partial charge in [0.2, 0.25) is 5.56 Å². The Balaban J connectivity index is 2.23. The molecule has 0 saturated carbocycles. The van der Waals surface area contributed by atoms with Crippen LogP contribution in [0.4, 0.5) is 0 Å². The maximum atomic E-state index is 11.2. The molecule has 3 aromatic heterocycles. The van der Waals surface area contributed by atoms with Crippen molar-refractivity contribution in [2.45, 2.75) is 0 Å². The molecule has 5 heteroatoms. The smallest absolute Gasteiger partial charge is 0.248 e. The molecule has 0 aliphatic heterocycles. The standard InChI is InChI=1S/C11H8N4O/c16-9-5-1-3-8(13-9)11-14-7-4-2-6-12-10(7)15-11/h1-6H,(H,13,16)(H,12,14,15). The Labute approximate surface area is 90.2 Å². The van der Waals surface area contributed by atoms with Crippen molar-refractivity contribution >= 4 is 11.2 Å². The number of imidazole rings is 1. The number of aromatic nitrogens is 4. The van der Waals surface area contributed by atoms with E-state index in [-0.39, 0.29) is 5.56 Å². The van der Waals surface area contributed by atoms with E-state index in [2.05, 4.69) is 19.9 Å². The van der Waals surface area contributed by atoms with Crippen LogP contribution in [0.15, 0.2) is 41.3 Å². The molecule has 0 radical (unpaired) electrons. The van der Waals surface area contributed by atoms with Crippen molar-refractivity contribution in [1.82, 2.24) is 19.9 Å². The van der Waals surface area contributed by atoms with Crippen molar-refractivity contribution in [3.63, 3.8) is 0 Å². The molecule has 0 aliphatic rings. The number of aromatic amines is 2. The van der Waals surface area contributed by atoms with E-state index in [0.29, 0.717) is 17.2 Å². The minimum atomic E-state index is -0.147. The van der Waals surface area contributed by atoms with Crippen molar-refractivity contribution in [1.29, 1.82) is 0 Å². The van der Waals surface area contributed by atoms with Crippen molar-refractivity contribution in [3.8, 4) is 11.5 Å². The molecule has 0 atom stereocenters. The van der Waals surface area contributed by atoms with E-state index in [1.807, 2.05) is 12.1 Å². The van der Waals surface area contributed by atoms with Crippen LogP contribution in [0.25, 0.3) is 22.7 Å². The molecule has 0 bridgehead atoms. The zero-order valence-corrected chi connectivity index (χ0v) is 8.27. The Bertz CT molecular complexity index is 665. The van der Waals surface area contributed by atoms with Gasteiger partial charge in [0.15, 0.2) is 11.5 Å². The second kappa shape index (κ2) is 3.30. The van der Waals surface area contributed by atoms with E-state index in [1.165, 1.54) is 6.07 Å². The molecule has 0 amide bonds. The van der Waals surface area contributed by atoms with Crippen LogP contribution in [0, 0.1) is 0 Å². The third-order valence-corrected chi connectivity index (χ3v) is 2.28. The Morgan fingerprint density at radius 2 is 2.00 bits per heavy atom. The number of hydrogen-bond donors (Lipinski definition) is 2. The third-order valence-electron chi connectivity index (χ3n) is 2.28. The van der Waals surface area contributed by atoms with Gasteiger partial charge in [-0.1, -0.05) is 6.07 Å². The van der Waals surface area contributed by atoms with Crippen LogP contribution >= 0.6 is 0 Å². The molecule has 0 aliphatic carbocycles. The van der Waals surface area contributed by atoms with Gasteiger partial charge in [0, 0.05) is 12.3 Å². The number of pyridine rings is 2. The molecule has 3 rings (SSSR count). The first kappa shape index (κ1) is 8.84. The van der Waals surface area contributed by atoms with E-state index in [1.54, 1.807) is 18.3 Å². The van der Waals surface area contributed by atoms with Crippen LogP contribution in [0.1, 0.15) is 0 Å². The van der Waals surface area contributed by atoms with Gasteiger partial charge in [0.05, 0.1) is 11.2 Å². The minimum Gasteiger partial charge on any atom is -0.335 e. The number of fused-ring (bicyclic) bond motifs is 1. The average Bonchev–Trinajstić information content (AvgIpc) is 2.72. The molecular weight excluding hydrogens is 204 g/mol. The third kappa shape index (κ3) is 1.38. The second-order valence-corrected chi connectivity index (χ2v) is 3.39. The first-order valence-corrected chi connectivity index (χ1v) is 4.83. The molecule has 0 spiro atoms. The lowest BCUT2D eigenvalue weighted by Gasteiger charge is -1.93. The Hall–Kier alpha value is -2.43. The number of H-pyrrole nitrogens is 2. The topological polar surface area (TPSA) is 74.4 Å². The first-order valence-electron chi connectivity index (χ1n) is 4.83. The van der Waals surface area contributed by atoms with Crippen LogP contribution in [-0.4, -0.2) is 19.9 Å². The van der Waals surface area contributed by atoms with Crippen LogP contribution in [0.5, 0.6) is 0 Å². The van der Waals surface area contributed by atoms with Gasteiger partial charge in [-0.25, -0.2) is 9.97 Å². The number of rotatable bonds is 1. The normalized spacial score (nSPS) is 10.8. The summed E-state index contributed by atoms with van der Waals surface area (Å²) in [6.07, 6.45) is 1.68. The fourth-order valence-corrected chi connectivity index (χ4v) is 1.56. The quantitative estimate of drug-likeness (QED) is 0.638. The maximum Gasteiger partial charge on any atom is 0.248 e. The first-order chi connectivity index (χ1) is 7.83. The molecule has 78 valence electrons. The van der Waals surface area contributed by atoms with Gasteiger partial charge in [-0.2, -0.15) is 0 Å². The molecule has 5 nitrogen and oxygen atoms in total. The van der Waals surface area contributed by atoms with Gasteiger partial charge < -0.3 is 9.97 Å². The van der Waals surface area contributed by atoms with Gasteiger partial charge >= 0.3 is 0 Å². The molecule has 3 heterocycles. The van der Waals surface area contributed by atoms with Crippen molar-refractivity contribution in [2.24, 2.45) is 0 Å². The fourth-order valence-electron chi connectivity index (χ4n) is 1.56. The average molecular weight is 212 g/mol.